The smallest absolute Gasteiger partial charge is 0.282 e. The van der Waals surface area contributed by atoms with Gasteiger partial charge >= 0.3 is 0 Å². The number of carbonyl (C=O) groups is 1. The normalized spacial score (nSPS) is 11.8. The van der Waals surface area contributed by atoms with E-state index in [0.717, 1.165) is 0 Å². The van der Waals surface area contributed by atoms with Crippen molar-refractivity contribution in [1.82, 2.24) is 4.57 Å². The number of hydrogen-bond donors (Lipinski definition) is 0. The van der Waals surface area contributed by atoms with Crippen molar-refractivity contribution in [3.63, 3.8) is 0 Å². The molecule has 1 aromatic heterocycles. The summed E-state index contributed by atoms with van der Waals surface area (Å²) in [4.78, 5) is 16.2. The number of benzene rings is 1. The van der Waals surface area contributed by atoms with Crippen molar-refractivity contribution in [2.24, 2.45) is 12.0 Å². The van der Waals surface area contributed by atoms with Crippen LogP contribution in [0.15, 0.2) is 39.2 Å². The van der Waals surface area contributed by atoms with Gasteiger partial charge in [0.2, 0.25) is 0 Å². The van der Waals surface area contributed by atoms with Gasteiger partial charge in [-0.2, -0.15) is 4.99 Å². The van der Waals surface area contributed by atoms with Crippen LogP contribution in [0.4, 0.5) is 4.39 Å². The minimum atomic E-state index is -0.582. The van der Waals surface area contributed by atoms with Crippen LogP contribution in [0.5, 0.6) is 0 Å². The number of aromatic nitrogens is 1. The van der Waals surface area contributed by atoms with Gasteiger partial charge in [0.1, 0.15) is 5.82 Å². The van der Waals surface area contributed by atoms with E-state index in [9.17, 15) is 9.18 Å². The van der Waals surface area contributed by atoms with Gasteiger partial charge in [-0.25, -0.2) is 4.39 Å². The first-order chi connectivity index (χ1) is 8.08. The molecular formula is C11H8BrFN2OS. The van der Waals surface area contributed by atoms with Crippen molar-refractivity contribution in [3.8, 4) is 0 Å². The van der Waals surface area contributed by atoms with Crippen molar-refractivity contribution < 1.29 is 9.18 Å². The molecule has 0 bridgehead atoms. The third-order valence-electron chi connectivity index (χ3n) is 2.12. The molecule has 0 aliphatic rings. The van der Waals surface area contributed by atoms with Crippen LogP contribution in [0.3, 0.4) is 0 Å². The number of carbonyl (C=O) groups excluding carboxylic acids is 1. The lowest BCUT2D eigenvalue weighted by Crippen LogP contribution is -2.13. The van der Waals surface area contributed by atoms with E-state index in [1.165, 1.54) is 29.5 Å². The molecule has 0 aliphatic heterocycles. The second-order valence-electron chi connectivity index (χ2n) is 3.34. The maximum Gasteiger partial charge on any atom is 0.282 e. The first-order valence-electron chi connectivity index (χ1n) is 4.72. The zero-order chi connectivity index (χ0) is 12.4. The summed E-state index contributed by atoms with van der Waals surface area (Å²) >= 11 is 4.52. The molecule has 0 N–H and O–H groups in total. The first kappa shape index (κ1) is 12.2. The molecule has 1 heterocycles. The molecule has 88 valence electrons. The standard InChI is InChI=1S/C11H8BrFN2OS/c1-15-4-5-17-11(15)14-10(16)8-6-7(12)2-3-9(8)13/h2-6H,1H3. The fraction of sp³-hybridized carbons (Fsp3) is 0.0909. The average Bonchev–Trinajstić information content (AvgIpc) is 2.68. The van der Waals surface area contributed by atoms with E-state index in [0.29, 0.717) is 9.27 Å². The van der Waals surface area contributed by atoms with E-state index < -0.39 is 11.7 Å². The number of thiazole rings is 1. The van der Waals surface area contributed by atoms with Crippen molar-refractivity contribution in [1.29, 1.82) is 0 Å². The van der Waals surface area contributed by atoms with Crippen molar-refractivity contribution in [3.05, 3.63) is 50.4 Å². The highest BCUT2D eigenvalue weighted by atomic mass is 79.9. The number of aryl methyl sites for hydroxylation is 1. The van der Waals surface area contributed by atoms with Crippen LogP contribution in [0, 0.1) is 5.82 Å². The van der Waals surface area contributed by atoms with Gasteiger partial charge < -0.3 is 4.57 Å². The lowest BCUT2D eigenvalue weighted by atomic mass is 10.2. The molecule has 0 radical (unpaired) electrons. The van der Waals surface area contributed by atoms with Crippen LogP contribution in [0.1, 0.15) is 10.4 Å². The summed E-state index contributed by atoms with van der Waals surface area (Å²) in [5.41, 5.74) is -0.0345. The van der Waals surface area contributed by atoms with Gasteiger partial charge in [0.05, 0.1) is 5.56 Å². The van der Waals surface area contributed by atoms with E-state index in [4.69, 9.17) is 0 Å². The van der Waals surface area contributed by atoms with Gasteiger partial charge in [-0.3, -0.25) is 4.79 Å². The molecule has 0 aliphatic carbocycles. The third-order valence-corrected chi connectivity index (χ3v) is 3.46. The van der Waals surface area contributed by atoms with Crippen LogP contribution < -0.4 is 4.80 Å². The Morgan fingerprint density at radius 2 is 2.29 bits per heavy atom. The SMILES string of the molecule is Cn1ccsc1=NC(=O)c1cc(Br)ccc1F. The highest BCUT2D eigenvalue weighted by molar-refractivity contribution is 9.10. The third kappa shape index (κ3) is 2.70. The molecule has 0 saturated carbocycles. The number of halogens is 2. The molecule has 2 aromatic rings. The largest absolute Gasteiger partial charge is 0.327 e. The van der Waals surface area contributed by atoms with Crippen molar-refractivity contribution in [2.75, 3.05) is 0 Å². The van der Waals surface area contributed by atoms with Crippen LogP contribution >= 0.6 is 27.3 Å². The molecule has 0 fully saturated rings. The first-order valence-corrected chi connectivity index (χ1v) is 6.39. The molecule has 0 spiro atoms. The van der Waals surface area contributed by atoms with E-state index in [1.807, 2.05) is 5.38 Å². The van der Waals surface area contributed by atoms with E-state index >= 15 is 0 Å². The Labute approximate surface area is 109 Å². The number of amides is 1. The average molecular weight is 315 g/mol. The lowest BCUT2D eigenvalue weighted by molar-refractivity contribution is 0.0994. The van der Waals surface area contributed by atoms with Crippen LogP contribution in [-0.4, -0.2) is 10.5 Å². The number of rotatable bonds is 1. The minimum Gasteiger partial charge on any atom is -0.327 e. The second-order valence-corrected chi connectivity index (χ2v) is 5.13. The summed E-state index contributed by atoms with van der Waals surface area (Å²) in [6.45, 7) is 0. The predicted molar refractivity (Wildman–Crippen MR) is 67.3 cm³/mol. The van der Waals surface area contributed by atoms with Gasteiger partial charge in [0, 0.05) is 23.1 Å². The molecule has 0 saturated heterocycles. The Morgan fingerprint density at radius 1 is 1.53 bits per heavy atom. The zero-order valence-corrected chi connectivity index (χ0v) is 11.3. The highest BCUT2D eigenvalue weighted by Crippen LogP contribution is 2.16. The van der Waals surface area contributed by atoms with Gasteiger partial charge in [0.25, 0.3) is 5.91 Å². The lowest BCUT2D eigenvalue weighted by Gasteiger charge is -1.98. The molecule has 3 nitrogen and oxygen atoms in total. The molecule has 1 amide bonds. The Hall–Kier alpha value is -1.27. The summed E-state index contributed by atoms with van der Waals surface area (Å²) in [5.74, 6) is -1.15. The van der Waals surface area contributed by atoms with Crippen molar-refractivity contribution in [2.45, 2.75) is 0 Å². The quantitative estimate of drug-likeness (QED) is 0.797. The van der Waals surface area contributed by atoms with Gasteiger partial charge in [-0.1, -0.05) is 15.9 Å². The molecular weight excluding hydrogens is 307 g/mol. The fourth-order valence-corrected chi connectivity index (χ4v) is 2.33. The van der Waals surface area contributed by atoms with Crippen molar-refractivity contribution >= 4 is 33.2 Å². The molecule has 6 heteroatoms. The molecule has 17 heavy (non-hydrogen) atoms. The Bertz CT molecular complexity index is 632. The van der Waals surface area contributed by atoms with Crippen LogP contribution in [-0.2, 0) is 7.05 Å². The molecule has 1 aromatic carbocycles. The Kier molecular flexibility index (Phi) is 3.54. The van der Waals surface area contributed by atoms with Gasteiger partial charge in [-0.05, 0) is 18.2 Å². The van der Waals surface area contributed by atoms with Gasteiger partial charge in [-0.15, -0.1) is 11.3 Å². The summed E-state index contributed by atoms with van der Waals surface area (Å²) < 4.78 is 15.8. The minimum absolute atomic E-state index is 0.0345. The fourth-order valence-electron chi connectivity index (χ4n) is 1.24. The Balaban J connectivity index is 2.46. The second kappa shape index (κ2) is 4.93. The molecule has 0 atom stereocenters. The monoisotopic (exact) mass is 314 g/mol. The maximum atomic E-state index is 13.4. The van der Waals surface area contributed by atoms with Gasteiger partial charge in [0.15, 0.2) is 4.80 Å². The zero-order valence-electron chi connectivity index (χ0n) is 8.85. The topological polar surface area (TPSA) is 34.4 Å². The highest BCUT2D eigenvalue weighted by Gasteiger charge is 2.11. The molecule has 2 rings (SSSR count). The van der Waals surface area contributed by atoms with E-state index in [-0.39, 0.29) is 5.56 Å². The Morgan fingerprint density at radius 3 is 2.94 bits per heavy atom. The maximum absolute atomic E-state index is 13.4. The predicted octanol–water partition coefficient (Wildman–Crippen LogP) is 2.73. The summed E-state index contributed by atoms with van der Waals surface area (Å²) in [5, 5.41) is 1.81. The number of nitrogens with zero attached hydrogens (tertiary/aromatic N) is 2. The van der Waals surface area contributed by atoms with E-state index in [2.05, 4.69) is 20.9 Å². The van der Waals surface area contributed by atoms with E-state index in [1.54, 1.807) is 17.8 Å². The number of hydrogen-bond acceptors (Lipinski definition) is 2. The summed E-state index contributed by atoms with van der Waals surface area (Å²) in [6.07, 6.45) is 1.79. The van der Waals surface area contributed by atoms with Crippen LogP contribution in [0.2, 0.25) is 0 Å². The van der Waals surface area contributed by atoms with Crippen LogP contribution in [0.25, 0.3) is 0 Å². The summed E-state index contributed by atoms with van der Waals surface area (Å²) in [6, 6.07) is 4.20. The summed E-state index contributed by atoms with van der Waals surface area (Å²) in [7, 11) is 1.78. The molecule has 0 unspecified atom stereocenters.